The highest BCUT2D eigenvalue weighted by molar-refractivity contribution is 7.99. The Morgan fingerprint density at radius 2 is 2.33 bits per heavy atom. The predicted octanol–water partition coefficient (Wildman–Crippen LogP) is 1.34. The van der Waals surface area contributed by atoms with Gasteiger partial charge in [0.2, 0.25) is 0 Å². The molecule has 1 fully saturated rings. The highest BCUT2D eigenvalue weighted by Crippen LogP contribution is 2.19. The van der Waals surface area contributed by atoms with Crippen molar-refractivity contribution in [1.29, 1.82) is 0 Å². The minimum absolute atomic E-state index is 0.0330. The molecule has 1 aliphatic rings. The number of hydrogen-bond acceptors (Lipinski definition) is 4. The van der Waals surface area contributed by atoms with Crippen LogP contribution in [0.4, 0.5) is 4.79 Å². The van der Waals surface area contributed by atoms with E-state index in [2.05, 4.69) is 5.32 Å². The molecule has 0 aromatic rings. The summed E-state index contributed by atoms with van der Waals surface area (Å²) in [5.41, 5.74) is 0. The van der Waals surface area contributed by atoms with Crippen molar-refractivity contribution in [2.75, 3.05) is 36.6 Å². The average molecular weight is 292 g/mol. The van der Waals surface area contributed by atoms with Crippen LogP contribution < -0.4 is 5.32 Å². The van der Waals surface area contributed by atoms with Crippen molar-refractivity contribution in [2.45, 2.75) is 18.9 Å². The van der Waals surface area contributed by atoms with Crippen molar-refractivity contribution in [1.82, 2.24) is 10.2 Å². The van der Waals surface area contributed by atoms with Crippen molar-refractivity contribution >= 4 is 35.5 Å². The lowest BCUT2D eigenvalue weighted by molar-refractivity contribution is -0.137. The molecule has 1 saturated heterocycles. The van der Waals surface area contributed by atoms with Gasteiger partial charge in [-0.25, -0.2) is 4.79 Å². The number of carboxylic acid groups (broad SMARTS) is 1. The van der Waals surface area contributed by atoms with Gasteiger partial charge in [0.05, 0.1) is 12.5 Å². The van der Waals surface area contributed by atoms with Crippen molar-refractivity contribution in [3.63, 3.8) is 0 Å². The molecule has 0 spiro atoms. The van der Waals surface area contributed by atoms with Crippen LogP contribution in [-0.2, 0) is 4.79 Å². The van der Waals surface area contributed by atoms with Gasteiger partial charge in [0, 0.05) is 24.6 Å². The number of carboxylic acids is 1. The lowest BCUT2D eigenvalue weighted by Crippen LogP contribution is -2.51. The molecule has 1 unspecified atom stereocenters. The molecule has 7 heteroatoms. The maximum Gasteiger partial charge on any atom is 0.317 e. The Labute approximate surface area is 116 Å². The van der Waals surface area contributed by atoms with Crippen LogP contribution >= 0.6 is 23.5 Å². The second-order valence-electron chi connectivity index (χ2n) is 4.10. The summed E-state index contributed by atoms with van der Waals surface area (Å²) in [6, 6.07) is -0.301. The lowest BCUT2D eigenvalue weighted by Gasteiger charge is -2.34. The number of rotatable bonds is 6. The zero-order valence-electron chi connectivity index (χ0n) is 10.6. The second-order valence-corrected chi connectivity index (χ2v) is 6.23. The van der Waals surface area contributed by atoms with Crippen LogP contribution in [-0.4, -0.2) is 64.7 Å². The zero-order chi connectivity index (χ0) is 13.4. The SMILES string of the molecule is CSCCCNC(=O)N1CCSCC1CC(=O)O. The van der Waals surface area contributed by atoms with Gasteiger partial charge in [0.25, 0.3) is 0 Å². The van der Waals surface area contributed by atoms with Gasteiger partial charge < -0.3 is 15.3 Å². The van der Waals surface area contributed by atoms with Crippen molar-refractivity contribution in [3.05, 3.63) is 0 Å². The van der Waals surface area contributed by atoms with E-state index in [1.54, 1.807) is 28.4 Å². The summed E-state index contributed by atoms with van der Waals surface area (Å²) in [5, 5.41) is 11.7. The van der Waals surface area contributed by atoms with Crippen LogP contribution in [0.2, 0.25) is 0 Å². The molecule has 1 atom stereocenters. The molecule has 1 aliphatic heterocycles. The number of amides is 2. The number of aliphatic carboxylic acids is 1. The normalized spacial score (nSPS) is 19.6. The summed E-state index contributed by atoms with van der Waals surface area (Å²) in [6.45, 7) is 1.29. The van der Waals surface area contributed by atoms with Gasteiger partial charge in [0.15, 0.2) is 0 Å². The fraction of sp³-hybridized carbons (Fsp3) is 0.818. The second kappa shape index (κ2) is 8.53. The molecule has 104 valence electrons. The molecule has 2 amide bonds. The monoisotopic (exact) mass is 292 g/mol. The van der Waals surface area contributed by atoms with E-state index in [1.165, 1.54) is 0 Å². The number of carbonyl (C=O) groups excluding carboxylic acids is 1. The summed E-state index contributed by atoms with van der Waals surface area (Å²) >= 11 is 3.46. The molecule has 5 nitrogen and oxygen atoms in total. The number of carbonyl (C=O) groups is 2. The van der Waals surface area contributed by atoms with E-state index in [9.17, 15) is 9.59 Å². The highest BCUT2D eigenvalue weighted by atomic mass is 32.2. The molecular formula is C11H20N2O3S2. The van der Waals surface area contributed by atoms with Crippen LogP contribution in [0, 0.1) is 0 Å². The fourth-order valence-electron chi connectivity index (χ4n) is 1.81. The van der Waals surface area contributed by atoms with E-state index >= 15 is 0 Å². The first-order valence-electron chi connectivity index (χ1n) is 5.98. The summed E-state index contributed by atoms with van der Waals surface area (Å²) in [5.74, 6) is 1.77. The molecule has 0 radical (unpaired) electrons. The third-order valence-electron chi connectivity index (χ3n) is 2.70. The summed E-state index contributed by atoms with van der Waals surface area (Å²) in [7, 11) is 0. The van der Waals surface area contributed by atoms with Crippen molar-refractivity contribution in [3.8, 4) is 0 Å². The zero-order valence-corrected chi connectivity index (χ0v) is 12.2. The Balaban J connectivity index is 2.39. The third-order valence-corrected chi connectivity index (χ3v) is 4.49. The van der Waals surface area contributed by atoms with E-state index in [4.69, 9.17) is 5.11 Å². The molecule has 2 N–H and O–H groups in total. The van der Waals surface area contributed by atoms with Gasteiger partial charge >= 0.3 is 12.0 Å². The first-order chi connectivity index (χ1) is 8.65. The largest absolute Gasteiger partial charge is 0.481 e. The van der Waals surface area contributed by atoms with Crippen LogP contribution in [0.1, 0.15) is 12.8 Å². The average Bonchev–Trinajstić information content (AvgIpc) is 2.34. The standard InChI is InChI=1S/C11H20N2O3S2/c1-17-5-2-3-12-11(16)13-4-6-18-8-9(13)7-10(14)15/h9H,2-8H2,1H3,(H,12,16)(H,14,15). The number of hydrogen-bond donors (Lipinski definition) is 2. The maximum absolute atomic E-state index is 12.0. The fourth-order valence-corrected chi connectivity index (χ4v) is 3.30. The quantitative estimate of drug-likeness (QED) is 0.723. The Bertz CT molecular complexity index is 289. The van der Waals surface area contributed by atoms with E-state index in [0.29, 0.717) is 18.8 Å². The van der Waals surface area contributed by atoms with Gasteiger partial charge in [-0.2, -0.15) is 23.5 Å². The maximum atomic E-state index is 12.0. The minimum Gasteiger partial charge on any atom is -0.481 e. The van der Waals surface area contributed by atoms with E-state index in [1.807, 2.05) is 6.26 Å². The number of nitrogens with zero attached hydrogens (tertiary/aromatic N) is 1. The first-order valence-corrected chi connectivity index (χ1v) is 8.53. The number of nitrogens with one attached hydrogen (secondary N) is 1. The van der Waals surface area contributed by atoms with E-state index < -0.39 is 5.97 Å². The van der Waals surface area contributed by atoms with E-state index in [0.717, 1.165) is 17.9 Å². The molecule has 0 aromatic carbocycles. The number of urea groups is 1. The first kappa shape index (κ1) is 15.5. The molecule has 18 heavy (non-hydrogen) atoms. The van der Waals surface area contributed by atoms with E-state index in [-0.39, 0.29) is 18.5 Å². The molecule has 1 rings (SSSR count). The van der Waals surface area contributed by atoms with Gasteiger partial charge in [-0.1, -0.05) is 0 Å². The predicted molar refractivity (Wildman–Crippen MR) is 76.5 cm³/mol. The summed E-state index contributed by atoms with van der Waals surface area (Å²) in [6.07, 6.45) is 3.01. The Morgan fingerprint density at radius 3 is 3.00 bits per heavy atom. The van der Waals surface area contributed by atoms with Crippen molar-refractivity contribution < 1.29 is 14.7 Å². The topological polar surface area (TPSA) is 69.6 Å². The van der Waals surface area contributed by atoms with Crippen LogP contribution in [0.25, 0.3) is 0 Å². The van der Waals surface area contributed by atoms with Crippen LogP contribution in [0.3, 0.4) is 0 Å². The van der Waals surface area contributed by atoms with Crippen LogP contribution in [0.15, 0.2) is 0 Å². The lowest BCUT2D eigenvalue weighted by atomic mass is 10.2. The molecule has 0 aromatic heterocycles. The smallest absolute Gasteiger partial charge is 0.317 e. The van der Waals surface area contributed by atoms with Gasteiger partial charge in [0.1, 0.15) is 0 Å². The minimum atomic E-state index is -0.845. The molecule has 0 saturated carbocycles. The van der Waals surface area contributed by atoms with Gasteiger partial charge in [-0.05, 0) is 18.4 Å². The highest BCUT2D eigenvalue weighted by Gasteiger charge is 2.28. The molecular weight excluding hydrogens is 272 g/mol. The summed E-state index contributed by atoms with van der Waals surface area (Å²) in [4.78, 5) is 24.4. The Morgan fingerprint density at radius 1 is 1.56 bits per heavy atom. The third kappa shape index (κ3) is 5.39. The molecule has 1 heterocycles. The Kier molecular flexibility index (Phi) is 7.34. The van der Waals surface area contributed by atoms with Crippen molar-refractivity contribution in [2.24, 2.45) is 0 Å². The Hall–Kier alpha value is -0.560. The van der Waals surface area contributed by atoms with Gasteiger partial charge in [-0.3, -0.25) is 4.79 Å². The van der Waals surface area contributed by atoms with Crippen LogP contribution in [0.5, 0.6) is 0 Å². The van der Waals surface area contributed by atoms with Gasteiger partial charge in [-0.15, -0.1) is 0 Å². The molecule has 0 aliphatic carbocycles. The summed E-state index contributed by atoms with van der Waals surface area (Å²) < 4.78 is 0. The molecule has 0 bridgehead atoms. The number of thioether (sulfide) groups is 2.